The Morgan fingerprint density at radius 1 is 1.12 bits per heavy atom. The number of nitrogens with zero attached hydrogens (tertiary/aromatic N) is 2. The fourth-order valence-corrected chi connectivity index (χ4v) is 2.54. The van der Waals surface area contributed by atoms with Gasteiger partial charge in [-0.1, -0.05) is 30.3 Å². The summed E-state index contributed by atoms with van der Waals surface area (Å²) in [7, 11) is 0. The van der Waals surface area contributed by atoms with Crippen molar-refractivity contribution in [1.29, 1.82) is 0 Å². The second kappa shape index (κ2) is 7.08. The lowest BCUT2D eigenvalue weighted by atomic mass is 10.2. The molecule has 2 aromatic carbocycles. The van der Waals surface area contributed by atoms with Crippen molar-refractivity contribution in [3.63, 3.8) is 0 Å². The second-order valence-electron chi connectivity index (χ2n) is 5.64. The van der Waals surface area contributed by atoms with E-state index in [1.165, 1.54) is 12.1 Å². The van der Waals surface area contributed by atoms with E-state index in [-0.39, 0.29) is 18.3 Å². The Kier molecular flexibility index (Phi) is 4.70. The van der Waals surface area contributed by atoms with E-state index in [4.69, 9.17) is 0 Å². The van der Waals surface area contributed by atoms with Gasteiger partial charge in [-0.25, -0.2) is 13.5 Å². The van der Waals surface area contributed by atoms with E-state index in [2.05, 4.69) is 5.32 Å². The average molecular weight is 324 g/mol. The molecule has 0 saturated carbocycles. The first kappa shape index (κ1) is 15.9. The number of hydrogen-bond acceptors (Lipinski definition) is 1. The summed E-state index contributed by atoms with van der Waals surface area (Å²) in [5.74, 6) is 0.645. The number of nitrogens with one attached hydrogen (secondary N) is 1. The van der Waals surface area contributed by atoms with Crippen molar-refractivity contribution in [1.82, 2.24) is 4.57 Å². The molecule has 1 N–H and O–H groups in total. The summed E-state index contributed by atoms with van der Waals surface area (Å²) in [6, 6.07) is 15.8. The summed E-state index contributed by atoms with van der Waals surface area (Å²) in [6.07, 6.45) is 3.80. The van der Waals surface area contributed by atoms with Crippen LogP contribution in [0.25, 0.3) is 0 Å². The van der Waals surface area contributed by atoms with Crippen LogP contribution in [0.1, 0.15) is 11.4 Å². The summed E-state index contributed by atoms with van der Waals surface area (Å²) >= 11 is 0. The molecular formula is C19H19FN3O+. The molecule has 4 nitrogen and oxygen atoms in total. The van der Waals surface area contributed by atoms with Crippen LogP contribution in [0, 0.1) is 12.7 Å². The van der Waals surface area contributed by atoms with Crippen molar-refractivity contribution in [3.8, 4) is 0 Å². The SMILES string of the molecule is Cc1n(CC(=O)Nc2ccccc2)cc[n+]1Cc1ccc(F)cc1. The third-order valence-corrected chi connectivity index (χ3v) is 3.90. The molecule has 5 heteroatoms. The minimum Gasteiger partial charge on any atom is -0.323 e. The van der Waals surface area contributed by atoms with Gasteiger partial charge < -0.3 is 5.32 Å². The molecule has 1 heterocycles. The standard InChI is InChI=1S/C19H18FN3O/c1-15-22(13-16-7-9-17(20)10-8-16)11-12-23(15)14-19(24)21-18-5-3-2-4-6-18/h2-12H,13-14H2,1H3/p+1. The van der Waals surface area contributed by atoms with Crippen LogP contribution < -0.4 is 9.88 Å². The fraction of sp³-hybridized carbons (Fsp3) is 0.158. The normalized spacial score (nSPS) is 10.6. The van der Waals surface area contributed by atoms with Gasteiger partial charge in [-0.3, -0.25) is 4.79 Å². The molecule has 0 aliphatic heterocycles. The number of amides is 1. The van der Waals surface area contributed by atoms with E-state index in [0.29, 0.717) is 6.54 Å². The Morgan fingerprint density at radius 2 is 1.83 bits per heavy atom. The molecule has 0 radical (unpaired) electrons. The monoisotopic (exact) mass is 324 g/mol. The van der Waals surface area contributed by atoms with E-state index in [0.717, 1.165) is 17.1 Å². The molecule has 0 aliphatic carbocycles. The van der Waals surface area contributed by atoms with Crippen molar-refractivity contribution >= 4 is 11.6 Å². The number of para-hydroxylation sites is 1. The molecule has 0 bridgehead atoms. The lowest BCUT2D eigenvalue weighted by molar-refractivity contribution is -0.693. The Hall–Kier alpha value is -2.95. The van der Waals surface area contributed by atoms with Gasteiger partial charge in [-0.15, -0.1) is 0 Å². The number of carbonyl (C=O) groups excluding carboxylic acids is 1. The zero-order valence-electron chi connectivity index (χ0n) is 13.4. The number of carbonyl (C=O) groups is 1. The van der Waals surface area contributed by atoms with E-state index in [1.54, 1.807) is 12.1 Å². The van der Waals surface area contributed by atoms with Gasteiger partial charge in [0.05, 0.1) is 0 Å². The molecule has 0 atom stereocenters. The molecule has 1 amide bonds. The predicted molar refractivity (Wildman–Crippen MR) is 89.9 cm³/mol. The molecule has 3 aromatic rings. The highest BCUT2D eigenvalue weighted by Crippen LogP contribution is 2.06. The van der Waals surface area contributed by atoms with E-state index in [9.17, 15) is 9.18 Å². The Bertz CT molecular complexity index is 826. The molecule has 0 spiro atoms. The number of halogens is 1. The van der Waals surface area contributed by atoms with Gasteiger partial charge in [0.2, 0.25) is 0 Å². The molecule has 24 heavy (non-hydrogen) atoms. The third-order valence-electron chi connectivity index (χ3n) is 3.90. The Labute approximate surface area is 140 Å². The summed E-state index contributed by atoms with van der Waals surface area (Å²) in [4.78, 5) is 12.2. The minimum absolute atomic E-state index is 0.0752. The topological polar surface area (TPSA) is 37.9 Å². The van der Waals surface area contributed by atoms with Crippen molar-refractivity contribution < 1.29 is 13.8 Å². The molecule has 0 saturated heterocycles. The molecule has 0 aliphatic rings. The maximum Gasteiger partial charge on any atom is 0.266 e. The lowest BCUT2D eigenvalue weighted by Gasteiger charge is -2.04. The Morgan fingerprint density at radius 3 is 2.54 bits per heavy atom. The number of aromatic nitrogens is 2. The number of anilines is 1. The molecule has 0 unspecified atom stereocenters. The van der Waals surface area contributed by atoms with Gasteiger partial charge in [-0.2, -0.15) is 0 Å². The first-order valence-electron chi connectivity index (χ1n) is 7.76. The summed E-state index contributed by atoms with van der Waals surface area (Å²) in [6.45, 7) is 2.84. The van der Waals surface area contributed by atoms with Gasteiger partial charge in [0.25, 0.3) is 11.7 Å². The van der Waals surface area contributed by atoms with Crippen LogP contribution in [0.2, 0.25) is 0 Å². The highest BCUT2D eigenvalue weighted by molar-refractivity contribution is 5.90. The second-order valence-corrected chi connectivity index (χ2v) is 5.64. The maximum absolute atomic E-state index is 13.0. The third kappa shape index (κ3) is 3.87. The quantitative estimate of drug-likeness (QED) is 0.720. The zero-order valence-corrected chi connectivity index (χ0v) is 13.4. The predicted octanol–water partition coefficient (Wildman–Crippen LogP) is 2.91. The molecule has 0 fully saturated rings. The van der Waals surface area contributed by atoms with Crippen molar-refractivity contribution in [2.24, 2.45) is 0 Å². The van der Waals surface area contributed by atoms with Gasteiger partial charge in [-0.05, 0) is 29.8 Å². The maximum atomic E-state index is 13.0. The van der Waals surface area contributed by atoms with Gasteiger partial charge in [0.1, 0.15) is 24.8 Å². The van der Waals surface area contributed by atoms with Gasteiger partial charge in [0.15, 0.2) is 6.54 Å². The van der Waals surface area contributed by atoms with Crippen LogP contribution in [-0.4, -0.2) is 10.5 Å². The molecule has 122 valence electrons. The van der Waals surface area contributed by atoms with Crippen LogP contribution in [0.3, 0.4) is 0 Å². The molecular weight excluding hydrogens is 305 g/mol. The average Bonchev–Trinajstić information content (AvgIpc) is 2.91. The van der Waals surface area contributed by atoms with Gasteiger partial charge >= 0.3 is 0 Å². The largest absolute Gasteiger partial charge is 0.323 e. The number of benzene rings is 2. The lowest BCUT2D eigenvalue weighted by Crippen LogP contribution is -2.36. The summed E-state index contributed by atoms with van der Waals surface area (Å²) in [5, 5.41) is 2.87. The molecule has 1 aromatic heterocycles. The van der Waals surface area contributed by atoms with Crippen molar-refractivity contribution in [2.75, 3.05) is 5.32 Å². The smallest absolute Gasteiger partial charge is 0.266 e. The van der Waals surface area contributed by atoms with Crippen LogP contribution in [0.15, 0.2) is 67.0 Å². The summed E-state index contributed by atoms with van der Waals surface area (Å²) in [5.41, 5.74) is 1.79. The number of rotatable bonds is 5. The summed E-state index contributed by atoms with van der Waals surface area (Å²) < 4.78 is 16.9. The number of imidazole rings is 1. The zero-order chi connectivity index (χ0) is 16.9. The highest BCUT2D eigenvalue weighted by Gasteiger charge is 2.15. The van der Waals surface area contributed by atoms with Crippen molar-refractivity contribution in [3.05, 3.63) is 84.2 Å². The Balaban J connectivity index is 1.66. The van der Waals surface area contributed by atoms with Crippen molar-refractivity contribution in [2.45, 2.75) is 20.0 Å². The van der Waals surface area contributed by atoms with E-state index < -0.39 is 0 Å². The van der Waals surface area contributed by atoms with Crippen LogP contribution in [0.5, 0.6) is 0 Å². The highest BCUT2D eigenvalue weighted by atomic mass is 19.1. The number of hydrogen-bond donors (Lipinski definition) is 1. The van der Waals surface area contributed by atoms with Crippen LogP contribution in [-0.2, 0) is 17.9 Å². The molecule has 3 rings (SSSR count). The first-order valence-corrected chi connectivity index (χ1v) is 7.76. The van der Waals surface area contributed by atoms with E-state index in [1.807, 2.05) is 58.8 Å². The minimum atomic E-state index is -0.240. The van der Waals surface area contributed by atoms with Gasteiger partial charge in [0, 0.05) is 12.6 Å². The van der Waals surface area contributed by atoms with Crippen LogP contribution >= 0.6 is 0 Å². The fourth-order valence-electron chi connectivity index (χ4n) is 2.54. The van der Waals surface area contributed by atoms with E-state index >= 15 is 0 Å². The van der Waals surface area contributed by atoms with Crippen LogP contribution in [0.4, 0.5) is 10.1 Å². The first-order chi connectivity index (χ1) is 11.6.